The number of carboxylic acids is 1. The molecule has 0 saturated heterocycles. The van der Waals surface area contributed by atoms with Crippen molar-refractivity contribution < 1.29 is 19.4 Å². The highest BCUT2D eigenvalue weighted by Gasteiger charge is 2.20. The number of carbonyl (C=O) groups excluding carboxylic acids is 1. The lowest BCUT2D eigenvalue weighted by molar-refractivity contribution is -0.136. The van der Waals surface area contributed by atoms with Crippen LogP contribution in [0.5, 0.6) is 5.75 Å². The molecule has 0 spiro atoms. The third-order valence-electron chi connectivity index (χ3n) is 6.06. The molecule has 0 aliphatic heterocycles. The monoisotopic (exact) mass is 498 g/mol. The molecule has 0 heterocycles. The maximum atomic E-state index is 13.6. The first-order valence-electron chi connectivity index (χ1n) is 12.5. The van der Waals surface area contributed by atoms with Crippen LogP contribution in [0.1, 0.15) is 70.9 Å². The van der Waals surface area contributed by atoms with Gasteiger partial charge in [0.2, 0.25) is 0 Å². The first-order chi connectivity index (χ1) is 17.6. The van der Waals surface area contributed by atoms with E-state index in [1.54, 1.807) is 30.3 Å². The molecule has 0 saturated carbocycles. The van der Waals surface area contributed by atoms with Gasteiger partial charge in [0.1, 0.15) is 12.4 Å². The van der Waals surface area contributed by atoms with Crippen LogP contribution in [-0.4, -0.2) is 17.0 Å². The lowest BCUT2D eigenvalue weighted by Crippen LogP contribution is -2.30. The Morgan fingerprint density at radius 2 is 1.68 bits per heavy atom. The average Bonchev–Trinajstić information content (AvgIpc) is 2.85. The second kappa shape index (κ2) is 12.7. The zero-order chi connectivity index (χ0) is 26.9. The van der Waals surface area contributed by atoms with Crippen molar-refractivity contribution in [2.24, 2.45) is 5.92 Å². The SMILES string of the molecule is [C-]#[N+]c1ccc(OCc2ccc(CCC(=O)O)c(C(=O)NC(CC(C)C)c3cc(C)cc(C)c3)c2)cc1. The lowest BCUT2D eigenvalue weighted by atomic mass is 9.93. The number of hydrogen-bond acceptors (Lipinski definition) is 3. The summed E-state index contributed by atoms with van der Waals surface area (Å²) < 4.78 is 5.87. The maximum absolute atomic E-state index is 13.6. The number of amides is 1. The largest absolute Gasteiger partial charge is 0.489 e. The minimum atomic E-state index is -0.908. The summed E-state index contributed by atoms with van der Waals surface area (Å²) >= 11 is 0. The zero-order valence-corrected chi connectivity index (χ0v) is 21.9. The summed E-state index contributed by atoms with van der Waals surface area (Å²) in [7, 11) is 0. The van der Waals surface area contributed by atoms with Crippen molar-refractivity contribution in [1.29, 1.82) is 0 Å². The summed E-state index contributed by atoms with van der Waals surface area (Å²) in [5.41, 5.74) is 5.83. The van der Waals surface area contributed by atoms with Crippen LogP contribution in [0.3, 0.4) is 0 Å². The number of carbonyl (C=O) groups is 2. The second-order valence-corrected chi connectivity index (χ2v) is 9.86. The van der Waals surface area contributed by atoms with Gasteiger partial charge in [0.25, 0.3) is 5.91 Å². The van der Waals surface area contributed by atoms with E-state index in [2.05, 4.69) is 42.2 Å². The highest BCUT2D eigenvalue weighted by atomic mass is 16.5. The third kappa shape index (κ3) is 8.22. The first-order valence-corrected chi connectivity index (χ1v) is 12.5. The quantitative estimate of drug-likeness (QED) is 0.280. The van der Waals surface area contributed by atoms with Crippen LogP contribution in [0.25, 0.3) is 4.85 Å². The summed E-state index contributed by atoms with van der Waals surface area (Å²) in [5, 5.41) is 12.4. The number of ether oxygens (including phenoxy) is 1. The molecule has 0 bridgehead atoms. The molecule has 0 aromatic heterocycles. The Kier molecular flexibility index (Phi) is 9.45. The predicted molar refractivity (Wildman–Crippen MR) is 145 cm³/mol. The van der Waals surface area contributed by atoms with Crippen LogP contribution >= 0.6 is 0 Å². The van der Waals surface area contributed by atoms with E-state index in [1.165, 1.54) is 0 Å². The van der Waals surface area contributed by atoms with Gasteiger partial charge in [-0.1, -0.05) is 67.4 Å². The molecule has 6 heteroatoms. The van der Waals surface area contributed by atoms with Gasteiger partial charge in [-0.25, -0.2) is 4.85 Å². The van der Waals surface area contributed by atoms with Gasteiger partial charge in [-0.3, -0.25) is 9.59 Å². The van der Waals surface area contributed by atoms with E-state index in [4.69, 9.17) is 11.3 Å². The molecule has 0 aliphatic carbocycles. The van der Waals surface area contributed by atoms with Crippen LogP contribution in [0, 0.1) is 26.3 Å². The van der Waals surface area contributed by atoms with Crippen LogP contribution in [-0.2, 0) is 17.8 Å². The van der Waals surface area contributed by atoms with Crippen LogP contribution < -0.4 is 10.1 Å². The molecule has 6 nitrogen and oxygen atoms in total. The fourth-order valence-electron chi connectivity index (χ4n) is 4.36. The zero-order valence-electron chi connectivity index (χ0n) is 21.9. The average molecular weight is 499 g/mol. The van der Waals surface area contributed by atoms with E-state index in [-0.39, 0.29) is 31.4 Å². The van der Waals surface area contributed by atoms with Gasteiger partial charge < -0.3 is 15.2 Å². The summed E-state index contributed by atoms with van der Waals surface area (Å²) in [6, 6.07) is 18.5. The van der Waals surface area contributed by atoms with Crippen molar-refractivity contribution in [3.05, 3.63) is 105 Å². The number of nitrogens with zero attached hydrogens (tertiary/aromatic N) is 1. The Labute approximate surface area is 219 Å². The molecule has 0 radical (unpaired) electrons. The number of benzene rings is 3. The Morgan fingerprint density at radius 1 is 1.00 bits per heavy atom. The molecule has 0 fully saturated rings. The van der Waals surface area contributed by atoms with Crippen molar-refractivity contribution >= 4 is 17.6 Å². The Balaban J connectivity index is 1.87. The standard InChI is InChI=1S/C31H34N2O4/c1-20(2)14-29(25-16-21(3)15-22(4)17-25)33-31(36)28-18-23(6-7-24(28)8-13-30(34)35)19-37-27-11-9-26(32-5)10-12-27/h6-7,9-12,15-18,20,29H,8,13-14,19H2,1-4H3,(H,33,36)(H,34,35). The van der Waals surface area contributed by atoms with Gasteiger partial charge in [0.05, 0.1) is 12.6 Å². The van der Waals surface area contributed by atoms with E-state index >= 15 is 0 Å². The van der Waals surface area contributed by atoms with Crippen LogP contribution in [0.4, 0.5) is 5.69 Å². The molecule has 3 aromatic carbocycles. The normalized spacial score (nSPS) is 11.6. The topological polar surface area (TPSA) is 80.0 Å². The van der Waals surface area contributed by atoms with Crippen molar-refractivity contribution in [2.45, 2.75) is 59.6 Å². The molecule has 192 valence electrons. The molecular formula is C31H34N2O4. The van der Waals surface area contributed by atoms with Crippen molar-refractivity contribution in [3.63, 3.8) is 0 Å². The highest BCUT2D eigenvalue weighted by molar-refractivity contribution is 5.96. The van der Waals surface area contributed by atoms with E-state index in [9.17, 15) is 14.7 Å². The molecule has 1 unspecified atom stereocenters. The molecule has 1 atom stereocenters. The van der Waals surface area contributed by atoms with Crippen LogP contribution in [0.15, 0.2) is 60.7 Å². The molecule has 0 aliphatic rings. The van der Waals surface area contributed by atoms with Gasteiger partial charge >= 0.3 is 5.97 Å². The predicted octanol–water partition coefficient (Wildman–Crippen LogP) is 6.97. The summed E-state index contributed by atoms with van der Waals surface area (Å²) in [5.74, 6) is -0.144. The Morgan fingerprint density at radius 3 is 2.27 bits per heavy atom. The number of carboxylic acid groups (broad SMARTS) is 1. The molecule has 3 aromatic rings. The summed E-state index contributed by atoms with van der Waals surface area (Å²) in [4.78, 5) is 28.2. The Hall–Kier alpha value is -4.11. The number of aryl methyl sites for hydroxylation is 3. The summed E-state index contributed by atoms with van der Waals surface area (Å²) in [6.45, 7) is 15.7. The van der Waals surface area contributed by atoms with Gasteiger partial charge in [0, 0.05) is 12.0 Å². The molecule has 3 rings (SSSR count). The smallest absolute Gasteiger partial charge is 0.303 e. The van der Waals surface area contributed by atoms with E-state index in [1.807, 2.05) is 26.0 Å². The van der Waals surface area contributed by atoms with Gasteiger partial charge in [-0.15, -0.1) is 0 Å². The van der Waals surface area contributed by atoms with E-state index in [0.29, 0.717) is 28.5 Å². The lowest BCUT2D eigenvalue weighted by Gasteiger charge is -2.23. The minimum absolute atomic E-state index is 0.0595. The maximum Gasteiger partial charge on any atom is 0.303 e. The fraction of sp³-hybridized carbons (Fsp3) is 0.323. The van der Waals surface area contributed by atoms with Crippen LogP contribution in [0.2, 0.25) is 0 Å². The highest BCUT2D eigenvalue weighted by Crippen LogP contribution is 2.26. The van der Waals surface area contributed by atoms with E-state index < -0.39 is 5.97 Å². The van der Waals surface area contributed by atoms with E-state index in [0.717, 1.165) is 28.7 Å². The summed E-state index contributed by atoms with van der Waals surface area (Å²) in [6.07, 6.45) is 0.980. The van der Waals surface area contributed by atoms with Gasteiger partial charge in [-0.05, 0) is 67.5 Å². The molecule has 37 heavy (non-hydrogen) atoms. The molecule has 1 amide bonds. The van der Waals surface area contributed by atoms with Gasteiger partial charge in [0.15, 0.2) is 5.69 Å². The number of nitrogens with one attached hydrogen (secondary N) is 1. The first kappa shape index (κ1) is 27.5. The number of rotatable bonds is 11. The van der Waals surface area contributed by atoms with Gasteiger partial charge in [-0.2, -0.15) is 0 Å². The third-order valence-corrected chi connectivity index (χ3v) is 6.06. The molecule has 2 N–H and O–H groups in total. The van der Waals surface area contributed by atoms with Crippen molar-refractivity contribution in [1.82, 2.24) is 5.32 Å². The minimum Gasteiger partial charge on any atom is -0.489 e. The van der Waals surface area contributed by atoms with Crippen molar-refractivity contribution in [3.8, 4) is 5.75 Å². The number of hydrogen-bond donors (Lipinski definition) is 2. The fourth-order valence-corrected chi connectivity index (χ4v) is 4.36. The second-order valence-electron chi connectivity index (χ2n) is 9.86. The van der Waals surface area contributed by atoms with Crippen molar-refractivity contribution in [2.75, 3.05) is 0 Å². The number of aliphatic carboxylic acids is 1. The Bertz CT molecular complexity index is 1270. The molecular weight excluding hydrogens is 464 g/mol.